The molecule has 0 aliphatic carbocycles. The molecule has 0 aliphatic rings. The summed E-state index contributed by atoms with van der Waals surface area (Å²) in [7, 11) is 0. The number of hydrogen-bond donors (Lipinski definition) is 3. The third kappa shape index (κ3) is 2.28. The molecule has 2 rings (SSSR count). The van der Waals surface area contributed by atoms with Gasteiger partial charge in [0.1, 0.15) is 5.82 Å². The van der Waals surface area contributed by atoms with Crippen LogP contribution in [0.3, 0.4) is 0 Å². The van der Waals surface area contributed by atoms with Gasteiger partial charge in [0.25, 0.3) is 0 Å². The number of aromatic nitrogens is 4. The van der Waals surface area contributed by atoms with Crippen LogP contribution in [0, 0.1) is 0 Å². The maximum atomic E-state index is 8.88. The standard InChI is InChI=1S/C10H16N6O/c1-2-16(4-3-5-17)9-7-6-12-15-8(7)13-10(11)14-9/h6,17H,2-5H2,1H3,(H3,11,12,13,14,15). The van der Waals surface area contributed by atoms with E-state index in [4.69, 9.17) is 10.8 Å². The van der Waals surface area contributed by atoms with E-state index in [1.54, 1.807) is 6.20 Å². The number of rotatable bonds is 5. The van der Waals surface area contributed by atoms with Gasteiger partial charge in [-0.25, -0.2) is 0 Å². The van der Waals surface area contributed by atoms with Crippen molar-refractivity contribution in [1.29, 1.82) is 0 Å². The minimum Gasteiger partial charge on any atom is -0.396 e. The Labute approximate surface area is 98.7 Å². The molecule has 0 saturated carbocycles. The van der Waals surface area contributed by atoms with Crippen molar-refractivity contribution >= 4 is 22.8 Å². The predicted octanol–water partition coefficient (Wildman–Crippen LogP) is 0.144. The van der Waals surface area contributed by atoms with Crippen LogP contribution in [0.5, 0.6) is 0 Å². The molecule has 2 heterocycles. The van der Waals surface area contributed by atoms with E-state index in [9.17, 15) is 0 Å². The van der Waals surface area contributed by atoms with Gasteiger partial charge < -0.3 is 15.7 Å². The van der Waals surface area contributed by atoms with Crippen molar-refractivity contribution in [3.05, 3.63) is 6.20 Å². The van der Waals surface area contributed by atoms with Crippen LogP contribution in [0.4, 0.5) is 11.8 Å². The quantitative estimate of drug-likeness (QED) is 0.682. The molecule has 0 aromatic carbocycles. The lowest BCUT2D eigenvalue weighted by Crippen LogP contribution is -2.26. The zero-order chi connectivity index (χ0) is 12.3. The van der Waals surface area contributed by atoms with E-state index >= 15 is 0 Å². The number of aromatic amines is 1. The number of aliphatic hydroxyl groups excluding tert-OH is 1. The van der Waals surface area contributed by atoms with E-state index in [1.807, 2.05) is 11.8 Å². The summed E-state index contributed by atoms with van der Waals surface area (Å²) >= 11 is 0. The van der Waals surface area contributed by atoms with Gasteiger partial charge in [-0.3, -0.25) is 5.10 Å². The minimum atomic E-state index is 0.158. The fraction of sp³-hybridized carbons (Fsp3) is 0.500. The molecule has 2 aromatic rings. The zero-order valence-corrected chi connectivity index (χ0v) is 9.72. The number of nitrogen functional groups attached to an aromatic ring is 1. The van der Waals surface area contributed by atoms with Gasteiger partial charge in [0.2, 0.25) is 5.95 Å². The summed E-state index contributed by atoms with van der Waals surface area (Å²) in [4.78, 5) is 10.4. The summed E-state index contributed by atoms with van der Waals surface area (Å²) < 4.78 is 0. The number of fused-ring (bicyclic) bond motifs is 1. The summed E-state index contributed by atoms with van der Waals surface area (Å²) in [6.45, 7) is 3.70. The number of H-pyrrole nitrogens is 1. The van der Waals surface area contributed by atoms with Crippen LogP contribution < -0.4 is 10.6 Å². The van der Waals surface area contributed by atoms with Gasteiger partial charge in [-0.15, -0.1) is 0 Å². The number of hydrogen-bond acceptors (Lipinski definition) is 6. The molecule has 0 atom stereocenters. The molecule has 0 unspecified atom stereocenters. The molecule has 92 valence electrons. The average Bonchev–Trinajstić information content (AvgIpc) is 2.77. The van der Waals surface area contributed by atoms with Crippen molar-refractivity contribution in [3.63, 3.8) is 0 Å². The lowest BCUT2D eigenvalue weighted by molar-refractivity contribution is 0.289. The van der Waals surface area contributed by atoms with Crippen LogP contribution in [0.25, 0.3) is 11.0 Å². The highest BCUT2D eigenvalue weighted by molar-refractivity contribution is 5.87. The Bertz CT molecular complexity index is 497. The Morgan fingerprint density at radius 3 is 3.00 bits per heavy atom. The molecular weight excluding hydrogens is 220 g/mol. The van der Waals surface area contributed by atoms with Crippen molar-refractivity contribution < 1.29 is 5.11 Å². The van der Waals surface area contributed by atoms with Crippen LogP contribution >= 0.6 is 0 Å². The molecular formula is C10H16N6O. The summed E-state index contributed by atoms with van der Waals surface area (Å²) in [5.41, 5.74) is 6.29. The smallest absolute Gasteiger partial charge is 0.224 e. The third-order valence-electron chi connectivity index (χ3n) is 2.57. The van der Waals surface area contributed by atoms with Gasteiger partial charge in [-0.1, -0.05) is 0 Å². The van der Waals surface area contributed by atoms with Gasteiger partial charge in [0.15, 0.2) is 5.65 Å². The highest BCUT2D eigenvalue weighted by Crippen LogP contribution is 2.22. The van der Waals surface area contributed by atoms with Crippen LogP contribution in [0.2, 0.25) is 0 Å². The van der Waals surface area contributed by atoms with Crippen LogP contribution in [-0.4, -0.2) is 45.0 Å². The van der Waals surface area contributed by atoms with E-state index < -0.39 is 0 Å². The summed E-state index contributed by atoms with van der Waals surface area (Å²) in [6, 6.07) is 0. The fourth-order valence-electron chi connectivity index (χ4n) is 1.75. The highest BCUT2D eigenvalue weighted by Gasteiger charge is 2.13. The van der Waals surface area contributed by atoms with Gasteiger partial charge >= 0.3 is 0 Å². The van der Waals surface area contributed by atoms with E-state index in [2.05, 4.69) is 20.2 Å². The van der Waals surface area contributed by atoms with Gasteiger partial charge in [0.05, 0.1) is 11.6 Å². The topological polar surface area (TPSA) is 104 Å². The summed E-state index contributed by atoms with van der Waals surface area (Å²) in [5, 5.41) is 16.4. The van der Waals surface area contributed by atoms with Crippen molar-refractivity contribution in [2.45, 2.75) is 13.3 Å². The van der Waals surface area contributed by atoms with Gasteiger partial charge in [-0.2, -0.15) is 15.1 Å². The Morgan fingerprint density at radius 1 is 1.47 bits per heavy atom. The maximum Gasteiger partial charge on any atom is 0.224 e. The number of aliphatic hydroxyl groups is 1. The Hall–Kier alpha value is -1.89. The SMILES string of the molecule is CCN(CCCO)c1nc(N)nc2[nH]ncc12. The zero-order valence-electron chi connectivity index (χ0n) is 9.72. The van der Waals surface area contributed by atoms with Crippen molar-refractivity contribution in [2.75, 3.05) is 30.3 Å². The molecule has 0 aliphatic heterocycles. The summed E-state index contributed by atoms with van der Waals surface area (Å²) in [6.07, 6.45) is 2.38. The Balaban J connectivity index is 2.40. The fourth-order valence-corrected chi connectivity index (χ4v) is 1.75. The second kappa shape index (κ2) is 4.96. The summed E-state index contributed by atoms with van der Waals surface area (Å²) in [5.74, 6) is 0.983. The average molecular weight is 236 g/mol. The Morgan fingerprint density at radius 2 is 2.29 bits per heavy atom. The number of nitrogens with zero attached hydrogens (tertiary/aromatic N) is 4. The van der Waals surface area contributed by atoms with Gasteiger partial charge in [-0.05, 0) is 13.3 Å². The molecule has 7 heteroatoms. The first-order valence-corrected chi connectivity index (χ1v) is 5.58. The van der Waals surface area contributed by atoms with E-state index in [1.165, 1.54) is 0 Å². The molecule has 0 spiro atoms. The number of nitrogens with one attached hydrogen (secondary N) is 1. The normalized spacial score (nSPS) is 10.9. The van der Waals surface area contributed by atoms with E-state index in [0.29, 0.717) is 12.1 Å². The van der Waals surface area contributed by atoms with Crippen molar-refractivity contribution in [3.8, 4) is 0 Å². The monoisotopic (exact) mass is 236 g/mol. The largest absolute Gasteiger partial charge is 0.396 e. The molecule has 0 saturated heterocycles. The van der Waals surface area contributed by atoms with Gasteiger partial charge in [0, 0.05) is 19.7 Å². The molecule has 0 bridgehead atoms. The van der Waals surface area contributed by atoms with Crippen molar-refractivity contribution in [2.24, 2.45) is 0 Å². The number of anilines is 2. The molecule has 2 aromatic heterocycles. The minimum absolute atomic E-state index is 0.158. The van der Waals surface area contributed by atoms with Crippen LogP contribution in [0.15, 0.2) is 6.20 Å². The first kappa shape index (κ1) is 11.6. The molecule has 0 fully saturated rings. The number of nitrogens with two attached hydrogens (primary N) is 1. The molecule has 0 radical (unpaired) electrons. The third-order valence-corrected chi connectivity index (χ3v) is 2.57. The highest BCUT2D eigenvalue weighted by atomic mass is 16.3. The van der Waals surface area contributed by atoms with Crippen LogP contribution in [-0.2, 0) is 0 Å². The first-order valence-electron chi connectivity index (χ1n) is 5.58. The molecule has 0 amide bonds. The first-order chi connectivity index (χ1) is 8.26. The second-order valence-electron chi connectivity index (χ2n) is 3.69. The van der Waals surface area contributed by atoms with E-state index in [-0.39, 0.29) is 12.6 Å². The molecule has 4 N–H and O–H groups in total. The second-order valence-corrected chi connectivity index (χ2v) is 3.69. The molecule has 7 nitrogen and oxygen atoms in total. The lowest BCUT2D eigenvalue weighted by Gasteiger charge is -2.22. The predicted molar refractivity (Wildman–Crippen MR) is 65.7 cm³/mol. The van der Waals surface area contributed by atoms with Crippen molar-refractivity contribution in [1.82, 2.24) is 20.2 Å². The maximum absolute atomic E-state index is 8.88. The Kier molecular flexibility index (Phi) is 3.38. The van der Waals surface area contributed by atoms with E-state index in [0.717, 1.165) is 24.3 Å². The molecule has 17 heavy (non-hydrogen) atoms. The van der Waals surface area contributed by atoms with Crippen LogP contribution in [0.1, 0.15) is 13.3 Å². The lowest BCUT2D eigenvalue weighted by atomic mass is 10.3.